The quantitative estimate of drug-likeness (QED) is 0.228. The van der Waals surface area contributed by atoms with Crippen LogP contribution in [-0.4, -0.2) is 41.3 Å². The molecule has 0 amide bonds. The van der Waals surface area contributed by atoms with Crippen LogP contribution >= 0.6 is 0 Å². The minimum absolute atomic E-state index is 0.0503. The van der Waals surface area contributed by atoms with Crippen LogP contribution in [0.2, 0.25) is 24.2 Å². The topological polar surface area (TPSA) is 108 Å². The molecule has 0 spiro atoms. The molecular weight excluding hydrogens is 500 g/mol. The van der Waals surface area contributed by atoms with Gasteiger partial charge in [-0.25, -0.2) is 4.98 Å². The van der Waals surface area contributed by atoms with Gasteiger partial charge in [0, 0.05) is 17.0 Å². The van der Waals surface area contributed by atoms with Crippen molar-refractivity contribution in [3.63, 3.8) is 0 Å². The highest BCUT2D eigenvalue weighted by molar-refractivity contribution is 6.82. The first-order valence-corrected chi connectivity index (χ1v) is 16.2. The third-order valence-electron chi connectivity index (χ3n) is 8.83. The van der Waals surface area contributed by atoms with Crippen LogP contribution in [0.15, 0.2) is 35.1 Å². The molecule has 1 aromatic carbocycles. The monoisotopic (exact) mass is 534 g/mol. The number of pyridine rings is 2. The number of hydrogen-bond donors (Lipinski definition) is 1. The van der Waals surface area contributed by atoms with E-state index < -0.39 is 26.1 Å². The van der Waals surface area contributed by atoms with Crippen LogP contribution in [0.25, 0.3) is 22.3 Å². The average molecular weight is 535 g/mol. The number of hydrogen-bond acceptors (Lipinski definition) is 7. The first-order chi connectivity index (χ1) is 17.8. The number of rotatable bonds is 5. The van der Waals surface area contributed by atoms with E-state index in [2.05, 4.69) is 33.9 Å². The SMILES string of the molecule is CCC1(CO)C(=O)OCc2c1cc1n(c2=O)Cc2cc3cccc(OC(=O)C[Si](C)(C)C(C)(C)C)c3nc2-1. The third-order valence-corrected chi connectivity index (χ3v) is 14.1. The number of cyclic esters (lactones) is 1. The number of carbonyl (C=O) groups excluding carboxylic acids is 2. The lowest BCUT2D eigenvalue weighted by atomic mass is 9.75. The Morgan fingerprint density at radius 2 is 1.97 bits per heavy atom. The van der Waals surface area contributed by atoms with Crippen LogP contribution in [0.4, 0.5) is 0 Å². The highest BCUT2D eigenvalue weighted by Crippen LogP contribution is 2.41. The summed E-state index contributed by atoms with van der Waals surface area (Å²) in [5.41, 5.74) is 1.94. The van der Waals surface area contributed by atoms with E-state index in [1.807, 2.05) is 18.2 Å². The Kier molecular flexibility index (Phi) is 6.15. The Morgan fingerprint density at radius 1 is 1.24 bits per heavy atom. The van der Waals surface area contributed by atoms with Gasteiger partial charge < -0.3 is 19.1 Å². The molecule has 0 saturated carbocycles. The molecule has 3 aromatic rings. The number of para-hydroxylation sites is 1. The second kappa shape index (κ2) is 8.88. The van der Waals surface area contributed by atoms with Gasteiger partial charge in [0.25, 0.3) is 5.56 Å². The molecule has 0 saturated heterocycles. The summed E-state index contributed by atoms with van der Waals surface area (Å²) in [5.74, 6) is -0.416. The first kappa shape index (κ1) is 26.3. The number of aromatic nitrogens is 2. The molecule has 0 radical (unpaired) electrons. The van der Waals surface area contributed by atoms with Gasteiger partial charge in [-0.2, -0.15) is 0 Å². The smallest absolute Gasteiger partial charge is 0.319 e. The average Bonchev–Trinajstić information content (AvgIpc) is 3.20. The molecule has 2 aromatic heterocycles. The van der Waals surface area contributed by atoms with Gasteiger partial charge in [0.05, 0.1) is 38.2 Å². The standard InChI is InChI=1S/C29H34N2O6Si/c1-7-29(16-32)20-12-21-24-18(13-31(21)26(34)19(20)14-36-27(29)35)11-17-9-8-10-22(25(17)30-24)37-23(33)15-38(5,6)28(2,3)4/h8-12,32H,7,13-16H2,1-6H3. The molecular formula is C29H34N2O6Si. The van der Waals surface area contributed by atoms with E-state index in [4.69, 9.17) is 14.5 Å². The predicted octanol–water partition coefficient (Wildman–Crippen LogP) is 4.54. The number of nitrogens with zero attached hydrogens (tertiary/aromatic N) is 2. The molecule has 9 heteroatoms. The minimum atomic E-state index is -1.89. The van der Waals surface area contributed by atoms with Crippen molar-refractivity contribution in [2.45, 2.75) is 76.9 Å². The van der Waals surface area contributed by atoms with Gasteiger partial charge >= 0.3 is 11.9 Å². The molecule has 1 N–H and O–H groups in total. The molecule has 5 rings (SSSR count). The van der Waals surface area contributed by atoms with Gasteiger partial charge in [-0.3, -0.25) is 14.4 Å². The summed E-state index contributed by atoms with van der Waals surface area (Å²) in [5, 5.41) is 11.1. The Balaban J connectivity index is 1.60. The van der Waals surface area contributed by atoms with Crippen molar-refractivity contribution >= 4 is 30.9 Å². The van der Waals surface area contributed by atoms with E-state index in [1.54, 1.807) is 23.6 Å². The number of aliphatic hydroxyl groups is 1. The van der Waals surface area contributed by atoms with E-state index in [0.29, 0.717) is 52.8 Å². The van der Waals surface area contributed by atoms with E-state index in [1.165, 1.54) is 0 Å². The van der Waals surface area contributed by atoms with Crippen molar-refractivity contribution < 1.29 is 24.2 Å². The fourth-order valence-corrected chi connectivity index (χ4v) is 6.51. The fourth-order valence-electron chi connectivity index (χ4n) is 5.19. The molecule has 4 heterocycles. The van der Waals surface area contributed by atoms with E-state index in [9.17, 15) is 19.5 Å². The predicted molar refractivity (Wildman–Crippen MR) is 147 cm³/mol. The summed E-state index contributed by atoms with van der Waals surface area (Å²) in [4.78, 5) is 44.1. The van der Waals surface area contributed by atoms with Gasteiger partial charge in [-0.1, -0.05) is 52.9 Å². The maximum Gasteiger partial charge on any atom is 0.319 e. The number of benzene rings is 1. The highest BCUT2D eigenvalue weighted by atomic mass is 28.3. The number of esters is 2. The summed E-state index contributed by atoms with van der Waals surface area (Å²) in [7, 11) is -1.89. The fraction of sp³-hybridized carbons (Fsp3) is 0.448. The Hall–Kier alpha value is -3.30. The Bertz CT molecular complexity index is 1550. The first-order valence-electron chi connectivity index (χ1n) is 13.0. The second-order valence-electron chi connectivity index (χ2n) is 12.1. The van der Waals surface area contributed by atoms with E-state index in [0.717, 1.165) is 10.9 Å². The van der Waals surface area contributed by atoms with Crippen LogP contribution < -0.4 is 10.3 Å². The number of carbonyl (C=O) groups is 2. The van der Waals surface area contributed by atoms with Crippen molar-refractivity contribution in [1.82, 2.24) is 9.55 Å². The van der Waals surface area contributed by atoms with Crippen LogP contribution in [0.5, 0.6) is 5.75 Å². The maximum atomic E-state index is 13.5. The molecule has 0 aliphatic carbocycles. The molecule has 0 fully saturated rings. The lowest BCUT2D eigenvalue weighted by Crippen LogP contribution is -2.47. The van der Waals surface area contributed by atoms with Crippen molar-refractivity contribution in [3.8, 4) is 17.1 Å². The Labute approximate surface area is 222 Å². The lowest BCUT2D eigenvalue weighted by Gasteiger charge is -2.35. The summed E-state index contributed by atoms with van der Waals surface area (Å²) < 4.78 is 12.8. The van der Waals surface area contributed by atoms with Crippen LogP contribution in [-0.2, 0) is 32.9 Å². The van der Waals surface area contributed by atoms with Crippen LogP contribution in [0.3, 0.4) is 0 Å². The summed E-state index contributed by atoms with van der Waals surface area (Å²) in [6.07, 6.45) is 0.296. The number of aliphatic hydroxyl groups excluding tert-OH is 1. The zero-order valence-corrected chi connectivity index (χ0v) is 23.8. The Morgan fingerprint density at radius 3 is 2.63 bits per heavy atom. The molecule has 38 heavy (non-hydrogen) atoms. The molecule has 1 atom stereocenters. The van der Waals surface area contributed by atoms with Gasteiger partial charge in [-0.15, -0.1) is 0 Å². The molecule has 0 bridgehead atoms. The normalized spacial score (nSPS) is 18.6. The zero-order chi connectivity index (χ0) is 27.6. The molecule has 8 nitrogen and oxygen atoms in total. The molecule has 1 unspecified atom stereocenters. The second-order valence-corrected chi connectivity index (χ2v) is 17.7. The van der Waals surface area contributed by atoms with Crippen LogP contribution in [0.1, 0.15) is 50.8 Å². The van der Waals surface area contributed by atoms with Crippen LogP contribution in [0, 0.1) is 0 Å². The minimum Gasteiger partial charge on any atom is -0.460 e. The lowest BCUT2D eigenvalue weighted by molar-refractivity contribution is -0.156. The largest absolute Gasteiger partial charge is 0.460 e. The van der Waals surface area contributed by atoms with Gasteiger partial charge in [0.2, 0.25) is 0 Å². The summed E-state index contributed by atoms with van der Waals surface area (Å²) >= 11 is 0. The van der Waals surface area contributed by atoms with Crippen molar-refractivity contribution in [3.05, 3.63) is 57.4 Å². The molecule has 2 aliphatic rings. The van der Waals surface area contributed by atoms with Crippen molar-refractivity contribution in [2.24, 2.45) is 0 Å². The maximum absolute atomic E-state index is 13.5. The number of ether oxygens (including phenoxy) is 2. The third kappa shape index (κ3) is 3.91. The molecule has 200 valence electrons. The van der Waals surface area contributed by atoms with Crippen molar-refractivity contribution in [2.75, 3.05) is 6.61 Å². The summed E-state index contributed by atoms with van der Waals surface area (Å²) in [6, 6.07) is 9.63. The van der Waals surface area contributed by atoms with Gasteiger partial charge in [0.1, 0.15) is 17.5 Å². The summed E-state index contributed by atoms with van der Waals surface area (Å²) in [6.45, 7) is 12.4. The highest BCUT2D eigenvalue weighted by Gasteiger charge is 2.46. The van der Waals surface area contributed by atoms with E-state index >= 15 is 0 Å². The van der Waals surface area contributed by atoms with Gasteiger partial charge in [0.15, 0.2) is 5.75 Å². The van der Waals surface area contributed by atoms with Crippen molar-refractivity contribution in [1.29, 1.82) is 0 Å². The number of fused-ring (bicyclic) bond motifs is 5. The molecule has 2 aliphatic heterocycles. The van der Waals surface area contributed by atoms with E-state index in [-0.39, 0.29) is 23.2 Å². The van der Waals surface area contributed by atoms with Gasteiger partial charge in [-0.05, 0) is 35.2 Å². The zero-order valence-electron chi connectivity index (χ0n) is 22.8.